The van der Waals surface area contributed by atoms with Crippen molar-refractivity contribution in [2.75, 3.05) is 6.54 Å². The summed E-state index contributed by atoms with van der Waals surface area (Å²) >= 11 is 0. The number of carbonyl (C=O) groups is 2. The zero-order chi connectivity index (χ0) is 15.7. The number of amides is 1. The molecule has 0 aromatic rings. The molecule has 116 valence electrons. The highest BCUT2D eigenvalue weighted by Crippen LogP contribution is 2.38. The predicted octanol–water partition coefficient (Wildman–Crippen LogP) is 2.29. The van der Waals surface area contributed by atoms with Crippen molar-refractivity contribution in [2.24, 2.45) is 5.92 Å². The van der Waals surface area contributed by atoms with E-state index >= 15 is 0 Å². The van der Waals surface area contributed by atoms with Gasteiger partial charge in [0.1, 0.15) is 6.04 Å². The molecule has 0 saturated carbocycles. The maximum atomic E-state index is 13.0. The van der Waals surface area contributed by atoms with Crippen molar-refractivity contribution < 1.29 is 36.6 Å². The fourth-order valence-electron chi connectivity index (χ4n) is 2.19. The number of halogens is 5. The van der Waals surface area contributed by atoms with Gasteiger partial charge in [-0.05, 0) is 18.8 Å². The van der Waals surface area contributed by atoms with Crippen molar-refractivity contribution >= 4 is 11.9 Å². The quantitative estimate of drug-likeness (QED) is 0.814. The fourth-order valence-corrected chi connectivity index (χ4v) is 2.19. The van der Waals surface area contributed by atoms with Gasteiger partial charge in [-0.25, -0.2) is 4.79 Å². The normalized spacial score (nSPS) is 24.6. The van der Waals surface area contributed by atoms with Gasteiger partial charge >= 0.3 is 24.0 Å². The molecule has 2 atom stereocenters. The molecule has 1 saturated heterocycles. The number of alkyl halides is 5. The maximum Gasteiger partial charge on any atom is 0.463 e. The smallest absolute Gasteiger partial charge is 0.463 e. The van der Waals surface area contributed by atoms with Crippen LogP contribution in [0.2, 0.25) is 0 Å². The van der Waals surface area contributed by atoms with Crippen LogP contribution in [0.15, 0.2) is 0 Å². The number of carboxylic acid groups (broad SMARTS) is 1. The molecular weight excluding hydrogens is 289 g/mol. The summed E-state index contributed by atoms with van der Waals surface area (Å²) in [4.78, 5) is 22.5. The van der Waals surface area contributed by atoms with E-state index in [1.165, 1.54) is 0 Å². The first kappa shape index (κ1) is 16.6. The molecule has 1 heterocycles. The maximum absolute atomic E-state index is 13.0. The van der Waals surface area contributed by atoms with E-state index in [-0.39, 0.29) is 23.7 Å². The first-order chi connectivity index (χ1) is 9.02. The van der Waals surface area contributed by atoms with Gasteiger partial charge in [0.15, 0.2) is 0 Å². The van der Waals surface area contributed by atoms with Crippen LogP contribution in [0.3, 0.4) is 0 Å². The summed E-state index contributed by atoms with van der Waals surface area (Å²) < 4.78 is 62.5. The van der Waals surface area contributed by atoms with Crippen LogP contribution in [-0.4, -0.2) is 46.6 Å². The molecule has 9 heteroatoms. The molecule has 20 heavy (non-hydrogen) atoms. The lowest BCUT2D eigenvalue weighted by Gasteiger charge is -2.38. The molecule has 0 spiro atoms. The molecule has 1 amide bonds. The minimum absolute atomic E-state index is 0.111. The van der Waals surface area contributed by atoms with E-state index in [0.29, 0.717) is 6.42 Å². The third-order valence-corrected chi connectivity index (χ3v) is 3.46. The third-order valence-electron chi connectivity index (χ3n) is 3.46. The summed E-state index contributed by atoms with van der Waals surface area (Å²) in [6.07, 6.45) is -5.37. The Kier molecular flexibility index (Phi) is 4.60. The van der Waals surface area contributed by atoms with Crippen LogP contribution in [0.1, 0.15) is 26.2 Å². The standard InChI is InChI=1S/C11H14F5NO3/c1-2-6-3-4-17(7(5-6)8(18)19)9(20)10(12,13)11(14,15)16/h6-7H,2-5H2,1H3,(H,18,19). The fraction of sp³-hybridized carbons (Fsp3) is 0.818. The van der Waals surface area contributed by atoms with E-state index in [1.54, 1.807) is 6.92 Å². The molecule has 0 aliphatic carbocycles. The first-order valence-electron chi connectivity index (χ1n) is 6.00. The lowest BCUT2D eigenvalue weighted by molar-refractivity contribution is -0.275. The molecule has 1 aliphatic rings. The lowest BCUT2D eigenvalue weighted by Crippen LogP contribution is -2.58. The molecule has 1 aliphatic heterocycles. The number of carboxylic acids is 1. The Morgan fingerprint density at radius 3 is 2.20 bits per heavy atom. The lowest BCUT2D eigenvalue weighted by atomic mass is 9.88. The first-order valence-corrected chi connectivity index (χ1v) is 6.00. The van der Waals surface area contributed by atoms with Crippen molar-refractivity contribution in [3.8, 4) is 0 Å². The summed E-state index contributed by atoms with van der Waals surface area (Å²) in [6.45, 7) is 1.34. The van der Waals surface area contributed by atoms with Crippen LogP contribution in [0.4, 0.5) is 22.0 Å². The van der Waals surface area contributed by atoms with Crippen molar-refractivity contribution in [2.45, 2.75) is 44.3 Å². The molecule has 1 fully saturated rings. The number of aliphatic carboxylic acids is 1. The van der Waals surface area contributed by atoms with E-state index in [1.807, 2.05) is 0 Å². The van der Waals surface area contributed by atoms with Gasteiger partial charge < -0.3 is 10.0 Å². The number of hydrogen-bond acceptors (Lipinski definition) is 2. The average molecular weight is 303 g/mol. The van der Waals surface area contributed by atoms with Crippen molar-refractivity contribution in [1.29, 1.82) is 0 Å². The van der Waals surface area contributed by atoms with Crippen molar-refractivity contribution in [1.82, 2.24) is 4.90 Å². The number of nitrogens with zero attached hydrogens (tertiary/aromatic N) is 1. The van der Waals surface area contributed by atoms with Gasteiger partial charge in [-0.1, -0.05) is 13.3 Å². The van der Waals surface area contributed by atoms with Gasteiger partial charge in [0, 0.05) is 6.54 Å². The Morgan fingerprint density at radius 1 is 1.25 bits per heavy atom. The van der Waals surface area contributed by atoms with Gasteiger partial charge in [0.2, 0.25) is 0 Å². The molecule has 1 N–H and O–H groups in total. The SMILES string of the molecule is CCC1CCN(C(=O)C(F)(F)C(F)(F)F)C(C(=O)O)C1. The van der Waals surface area contributed by atoms with Gasteiger partial charge in [0.05, 0.1) is 0 Å². The van der Waals surface area contributed by atoms with Crippen LogP contribution in [0.25, 0.3) is 0 Å². The molecular formula is C11H14F5NO3. The molecule has 0 aromatic carbocycles. The summed E-state index contributed by atoms with van der Waals surface area (Å²) in [5, 5.41) is 8.92. The van der Waals surface area contributed by atoms with Crippen LogP contribution in [0, 0.1) is 5.92 Å². The molecule has 0 aromatic heterocycles. The second-order valence-corrected chi connectivity index (χ2v) is 4.72. The van der Waals surface area contributed by atoms with Crippen LogP contribution in [0.5, 0.6) is 0 Å². The summed E-state index contributed by atoms with van der Waals surface area (Å²) in [5.74, 6) is -9.75. The minimum atomic E-state index is -6.03. The average Bonchev–Trinajstić information content (AvgIpc) is 2.35. The van der Waals surface area contributed by atoms with E-state index in [9.17, 15) is 31.5 Å². The Bertz CT molecular complexity index is 396. The third kappa shape index (κ3) is 3.01. The molecule has 0 radical (unpaired) electrons. The number of piperidine rings is 1. The van der Waals surface area contributed by atoms with Crippen molar-refractivity contribution in [3.63, 3.8) is 0 Å². The second-order valence-electron chi connectivity index (χ2n) is 4.72. The molecule has 0 bridgehead atoms. The topological polar surface area (TPSA) is 57.6 Å². The van der Waals surface area contributed by atoms with Crippen LogP contribution in [-0.2, 0) is 9.59 Å². The Balaban J connectivity index is 2.99. The van der Waals surface area contributed by atoms with Crippen molar-refractivity contribution in [3.05, 3.63) is 0 Å². The predicted molar refractivity (Wildman–Crippen MR) is 57.2 cm³/mol. The Hall–Kier alpha value is -1.41. The van der Waals surface area contributed by atoms with Crippen LogP contribution < -0.4 is 0 Å². The summed E-state index contributed by atoms with van der Waals surface area (Å²) in [5.41, 5.74) is 0. The molecule has 2 unspecified atom stereocenters. The number of hydrogen-bond donors (Lipinski definition) is 1. The zero-order valence-electron chi connectivity index (χ0n) is 10.6. The molecule has 1 rings (SSSR count). The van der Waals surface area contributed by atoms with Gasteiger partial charge in [-0.2, -0.15) is 22.0 Å². The zero-order valence-corrected chi connectivity index (χ0v) is 10.6. The summed E-state index contributed by atoms with van der Waals surface area (Å²) in [7, 11) is 0. The monoisotopic (exact) mass is 303 g/mol. The number of carbonyl (C=O) groups excluding carboxylic acids is 1. The van der Waals surface area contributed by atoms with E-state index in [0.717, 1.165) is 0 Å². The highest BCUT2D eigenvalue weighted by molar-refractivity contribution is 5.89. The highest BCUT2D eigenvalue weighted by atomic mass is 19.4. The van der Waals surface area contributed by atoms with E-state index < -0.39 is 36.6 Å². The van der Waals surface area contributed by atoms with Gasteiger partial charge in [0.25, 0.3) is 0 Å². The largest absolute Gasteiger partial charge is 0.480 e. The minimum Gasteiger partial charge on any atom is -0.480 e. The van der Waals surface area contributed by atoms with E-state index in [2.05, 4.69) is 0 Å². The summed E-state index contributed by atoms with van der Waals surface area (Å²) in [6, 6.07) is -1.64. The molecule has 4 nitrogen and oxygen atoms in total. The van der Waals surface area contributed by atoms with E-state index in [4.69, 9.17) is 5.11 Å². The Labute approximate surface area is 111 Å². The number of rotatable bonds is 3. The second kappa shape index (κ2) is 5.53. The van der Waals surface area contributed by atoms with Gasteiger partial charge in [-0.3, -0.25) is 4.79 Å². The highest BCUT2D eigenvalue weighted by Gasteiger charge is 2.65. The number of likely N-dealkylation sites (tertiary alicyclic amines) is 1. The van der Waals surface area contributed by atoms with Gasteiger partial charge in [-0.15, -0.1) is 0 Å². The Morgan fingerprint density at radius 2 is 1.80 bits per heavy atom. The van der Waals surface area contributed by atoms with Crippen LogP contribution >= 0.6 is 0 Å².